The van der Waals surface area contributed by atoms with Crippen LogP contribution >= 0.6 is 0 Å². The number of hydrogen-bond acceptors (Lipinski definition) is 4. The van der Waals surface area contributed by atoms with Crippen molar-refractivity contribution < 1.29 is 9.59 Å². The molecule has 0 aromatic carbocycles. The molecule has 4 heteroatoms. The van der Waals surface area contributed by atoms with Crippen LogP contribution in [0.25, 0.3) is 0 Å². The van der Waals surface area contributed by atoms with E-state index < -0.39 is 0 Å². The number of hydrogen-bond donors (Lipinski definition) is 2. The molecule has 0 spiro atoms. The summed E-state index contributed by atoms with van der Waals surface area (Å²) in [6.45, 7) is 0. The third-order valence-corrected chi connectivity index (χ3v) is 0.824. The van der Waals surface area contributed by atoms with E-state index in [-0.39, 0.29) is 11.6 Å². The first-order valence-electron chi connectivity index (χ1n) is 3.02. The molecule has 0 bridgehead atoms. The fourth-order valence-electron chi connectivity index (χ4n) is 0.440. The van der Waals surface area contributed by atoms with Gasteiger partial charge in [-0.15, -0.1) is 0 Å². The van der Waals surface area contributed by atoms with Gasteiger partial charge in [0, 0.05) is 0 Å². The first-order chi connectivity index (χ1) is 5.20. The van der Waals surface area contributed by atoms with Gasteiger partial charge >= 0.3 is 0 Å². The summed E-state index contributed by atoms with van der Waals surface area (Å²) in [5.41, 5.74) is 2.25. The number of allylic oxidation sites excluding steroid dienone is 4. The summed E-state index contributed by atoms with van der Waals surface area (Å²) >= 11 is 0. The SMILES string of the molecule is CNN.O=C1C=CC(=O)C=C1. The van der Waals surface area contributed by atoms with Crippen LogP contribution in [0.5, 0.6) is 0 Å². The summed E-state index contributed by atoms with van der Waals surface area (Å²) in [7, 11) is 1.65. The van der Waals surface area contributed by atoms with Gasteiger partial charge in [0.1, 0.15) is 0 Å². The topological polar surface area (TPSA) is 72.2 Å². The van der Waals surface area contributed by atoms with E-state index in [9.17, 15) is 9.59 Å². The molecule has 0 aliphatic heterocycles. The maximum Gasteiger partial charge on any atom is 0.178 e. The molecule has 1 rings (SSSR count). The van der Waals surface area contributed by atoms with Crippen LogP contribution in [0.15, 0.2) is 24.3 Å². The summed E-state index contributed by atoms with van der Waals surface area (Å²) in [6.07, 6.45) is 5.01. The van der Waals surface area contributed by atoms with Crippen molar-refractivity contribution in [2.45, 2.75) is 0 Å². The molecule has 0 unspecified atom stereocenters. The van der Waals surface area contributed by atoms with Crippen molar-refractivity contribution in [3.8, 4) is 0 Å². The maximum atomic E-state index is 10.3. The van der Waals surface area contributed by atoms with E-state index in [0.29, 0.717) is 0 Å². The second-order valence-corrected chi connectivity index (χ2v) is 1.76. The van der Waals surface area contributed by atoms with Crippen molar-refractivity contribution in [1.82, 2.24) is 5.43 Å². The molecule has 0 saturated heterocycles. The van der Waals surface area contributed by atoms with E-state index in [4.69, 9.17) is 0 Å². The van der Waals surface area contributed by atoms with E-state index in [0.717, 1.165) is 0 Å². The van der Waals surface area contributed by atoms with Crippen molar-refractivity contribution in [3.63, 3.8) is 0 Å². The molecular formula is C7H10N2O2. The van der Waals surface area contributed by atoms with Gasteiger partial charge < -0.3 is 0 Å². The lowest BCUT2D eigenvalue weighted by molar-refractivity contribution is -0.113. The van der Waals surface area contributed by atoms with Gasteiger partial charge in [-0.3, -0.25) is 20.9 Å². The predicted molar refractivity (Wildman–Crippen MR) is 41.5 cm³/mol. The normalized spacial score (nSPS) is 14.4. The number of ketones is 2. The van der Waals surface area contributed by atoms with Crippen LogP contribution in [0.1, 0.15) is 0 Å². The Hall–Kier alpha value is -1.26. The molecule has 0 radical (unpaired) electrons. The van der Waals surface area contributed by atoms with E-state index >= 15 is 0 Å². The van der Waals surface area contributed by atoms with Gasteiger partial charge in [0.05, 0.1) is 0 Å². The predicted octanol–water partition coefficient (Wildman–Crippen LogP) is -0.670. The Morgan fingerprint density at radius 2 is 1.27 bits per heavy atom. The van der Waals surface area contributed by atoms with E-state index in [1.165, 1.54) is 24.3 Å². The van der Waals surface area contributed by atoms with Crippen LogP contribution < -0.4 is 11.3 Å². The number of nitrogens with one attached hydrogen (secondary N) is 1. The second-order valence-electron chi connectivity index (χ2n) is 1.76. The minimum absolute atomic E-state index is 0.121. The Labute approximate surface area is 64.7 Å². The maximum absolute atomic E-state index is 10.3. The number of carbonyl (C=O) groups excluding carboxylic acids is 2. The third kappa shape index (κ3) is 5.20. The zero-order valence-corrected chi connectivity index (χ0v) is 6.20. The highest BCUT2D eigenvalue weighted by atomic mass is 16.1. The highest BCUT2D eigenvalue weighted by molar-refractivity contribution is 6.14. The van der Waals surface area contributed by atoms with Crippen LogP contribution in [0.4, 0.5) is 0 Å². The first kappa shape index (κ1) is 9.74. The van der Waals surface area contributed by atoms with E-state index in [1.54, 1.807) is 7.05 Å². The lowest BCUT2D eigenvalue weighted by Gasteiger charge is -1.87. The van der Waals surface area contributed by atoms with Gasteiger partial charge in [-0.2, -0.15) is 0 Å². The van der Waals surface area contributed by atoms with Gasteiger partial charge in [-0.05, 0) is 31.4 Å². The minimum Gasteiger partial charge on any atom is -0.290 e. The quantitative estimate of drug-likeness (QED) is 0.276. The Bertz CT molecular complexity index is 168. The molecule has 1 aliphatic carbocycles. The third-order valence-electron chi connectivity index (χ3n) is 0.824. The number of rotatable bonds is 0. The van der Waals surface area contributed by atoms with Gasteiger partial charge in [0.2, 0.25) is 0 Å². The fraction of sp³-hybridized carbons (Fsp3) is 0.143. The molecular weight excluding hydrogens is 144 g/mol. The van der Waals surface area contributed by atoms with Crippen LogP contribution in [0.3, 0.4) is 0 Å². The van der Waals surface area contributed by atoms with Gasteiger partial charge in [-0.25, -0.2) is 0 Å². The van der Waals surface area contributed by atoms with E-state index in [2.05, 4.69) is 11.3 Å². The number of nitrogens with two attached hydrogens (primary N) is 1. The monoisotopic (exact) mass is 154 g/mol. The van der Waals surface area contributed by atoms with Crippen LogP contribution in [0, 0.1) is 0 Å². The van der Waals surface area contributed by atoms with Crippen molar-refractivity contribution in [3.05, 3.63) is 24.3 Å². The molecule has 0 aromatic rings. The molecule has 0 heterocycles. The first-order valence-corrected chi connectivity index (χ1v) is 3.02. The largest absolute Gasteiger partial charge is 0.290 e. The molecule has 60 valence electrons. The summed E-state index contributed by atoms with van der Waals surface area (Å²) in [4.78, 5) is 20.6. The van der Waals surface area contributed by atoms with Crippen molar-refractivity contribution >= 4 is 11.6 Å². The highest BCUT2D eigenvalue weighted by Crippen LogP contribution is 1.90. The lowest BCUT2D eigenvalue weighted by atomic mass is 10.2. The average molecular weight is 154 g/mol. The van der Waals surface area contributed by atoms with Crippen molar-refractivity contribution in [1.29, 1.82) is 0 Å². The highest BCUT2D eigenvalue weighted by Gasteiger charge is 1.97. The number of carbonyl (C=O) groups is 2. The zero-order chi connectivity index (χ0) is 8.69. The molecule has 0 atom stereocenters. The van der Waals surface area contributed by atoms with Crippen molar-refractivity contribution in [2.75, 3.05) is 7.05 Å². The van der Waals surface area contributed by atoms with Gasteiger partial charge in [-0.1, -0.05) is 0 Å². The molecule has 4 nitrogen and oxygen atoms in total. The Morgan fingerprint density at radius 3 is 1.45 bits per heavy atom. The average Bonchev–Trinajstić information content (AvgIpc) is 1.97. The van der Waals surface area contributed by atoms with E-state index in [1.807, 2.05) is 0 Å². The van der Waals surface area contributed by atoms with Crippen LogP contribution in [-0.2, 0) is 9.59 Å². The minimum atomic E-state index is -0.121. The molecule has 0 saturated carbocycles. The van der Waals surface area contributed by atoms with Crippen LogP contribution in [0.2, 0.25) is 0 Å². The molecule has 0 fully saturated rings. The van der Waals surface area contributed by atoms with Crippen molar-refractivity contribution in [2.24, 2.45) is 5.84 Å². The van der Waals surface area contributed by atoms with Gasteiger partial charge in [0.25, 0.3) is 0 Å². The molecule has 11 heavy (non-hydrogen) atoms. The smallest absolute Gasteiger partial charge is 0.178 e. The Balaban J connectivity index is 0.000000292. The fourth-order valence-corrected chi connectivity index (χ4v) is 0.440. The Kier molecular flexibility index (Phi) is 4.89. The summed E-state index contributed by atoms with van der Waals surface area (Å²) in [5, 5.41) is 0. The molecule has 3 N–H and O–H groups in total. The standard InChI is InChI=1S/C6H4O2.CH6N2/c7-5-1-2-6(8)4-3-5;1-3-2/h1-4H;3H,2H2,1H3. The molecule has 0 aromatic heterocycles. The Morgan fingerprint density at radius 1 is 1.09 bits per heavy atom. The molecule has 0 amide bonds. The van der Waals surface area contributed by atoms with Gasteiger partial charge in [0.15, 0.2) is 11.6 Å². The zero-order valence-electron chi connectivity index (χ0n) is 6.20. The summed E-state index contributed by atoms with van der Waals surface area (Å²) in [6, 6.07) is 0. The van der Waals surface area contributed by atoms with Crippen LogP contribution in [-0.4, -0.2) is 18.6 Å². The second kappa shape index (κ2) is 5.52. The summed E-state index contributed by atoms with van der Waals surface area (Å²) in [5.74, 6) is 4.36. The molecule has 1 aliphatic rings. The number of hydrazine groups is 1. The lowest BCUT2D eigenvalue weighted by Crippen LogP contribution is -2.13. The summed E-state index contributed by atoms with van der Waals surface area (Å²) < 4.78 is 0.